The molecule has 0 atom stereocenters. The molecule has 0 unspecified atom stereocenters. The number of carbonyl (C=O) groups excluding carboxylic acids is 2. The molecule has 1 aliphatic heterocycles. The molecule has 1 saturated carbocycles. The summed E-state index contributed by atoms with van der Waals surface area (Å²) in [6.45, 7) is 0.349. The van der Waals surface area contributed by atoms with E-state index in [1.165, 1.54) is 0 Å². The third-order valence-electron chi connectivity index (χ3n) is 4.50. The Labute approximate surface area is 128 Å². The van der Waals surface area contributed by atoms with Gasteiger partial charge in [0.05, 0.1) is 22.5 Å². The Balaban J connectivity index is 1.84. The average molecular weight is 308 g/mol. The highest BCUT2D eigenvalue weighted by molar-refractivity contribution is 6.34. The van der Waals surface area contributed by atoms with Crippen LogP contribution in [0.15, 0.2) is 12.1 Å². The molecule has 4 N–H and O–H groups in total. The van der Waals surface area contributed by atoms with Gasteiger partial charge in [-0.2, -0.15) is 0 Å². The molecule has 3 rings (SSSR count). The van der Waals surface area contributed by atoms with Gasteiger partial charge in [0.1, 0.15) is 0 Å². The van der Waals surface area contributed by atoms with Crippen molar-refractivity contribution in [3.63, 3.8) is 0 Å². The Hall–Kier alpha value is -1.59. The fourth-order valence-electron chi connectivity index (χ4n) is 3.17. The smallest absolute Gasteiger partial charge is 0.231 e. The molecule has 1 aromatic carbocycles. The maximum atomic E-state index is 12.6. The van der Waals surface area contributed by atoms with Crippen molar-refractivity contribution in [1.82, 2.24) is 0 Å². The van der Waals surface area contributed by atoms with Crippen LogP contribution in [0.1, 0.15) is 31.2 Å². The lowest BCUT2D eigenvalue weighted by Gasteiger charge is -2.26. The number of rotatable bonds is 3. The van der Waals surface area contributed by atoms with Crippen molar-refractivity contribution < 1.29 is 9.59 Å². The number of nitrogens with one attached hydrogen (secondary N) is 2. The van der Waals surface area contributed by atoms with E-state index in [2.05, 4.69) is 10.6 Å². The minimum Gasteiger partial charge on any atom is -0.329 e. The summed E-state index contributed by atoms with van der Waals surface area (Å²) in [5.74, 6) is -0.125. The van der Waals surface area contributed by atoms with Gasteiger partial charge in [-0.1, -0.05) is 24.4 Å². The minimum atomic E-state index is -0.476. The summed E-state index contributed by atoms with van der Waals surface area (Å²) >= 11 is 6.20. The fourth-order valence-corrected chi connectivity index (χ4v) is 3.39. The molecular formula is C15H18ClN3O2. The lowest BCUT2D eigenvalue weighted by atomic mass is 9.85. The van der Waals surface area contributed by atoms with Crippen molar-refractivity contribution in [2.75, 3.05) is 17.2 Å². The van der Waals surface area contributed by atoms with Crippen LogP contribution in [0.3, 0.4) is 0 Å². The molecule has 112 valence electrons. The van der Waals surface area contributed by atoms with Crippen molar-refractivity contribution in [2.45, 2.75) is 32.1 Å². The first kappa shape index (κ1) is 14.4. The van der Waals surface area contributed by atoms with E-state index < -0.39 is 5.41 Å². The largest absolute Gasteiger partial charge is 0.329 e. The molecule has 0 spiro atoms. The van der Waals surface area contributed by atoms with Crippen molar-refractivity contribution in [1.29, 1.82) is 0 Å². The van der Waals surface area contributed by atoms with Gasteiger partial charge < -0.3 is 16.4 Å². The highest BCUT2D eigenvalue weighted by atomic mass is 35.5. The molecule has 2 aliphatic rings. The number of fused-ring (bicyclic) bond motifs is 1. The SMILES string of the molecule is NCC1(C(=O)Nc2cc3c(cc2Cl)NC(=O)C3)CCCC1. The second-order valence-electron chi connectivity index (χ2n) is 5.86. The minimum absolute atomic E-state index is 0.0567. The van der Waals surface area contributed by atoms with Gasteiger partial charge in [0.15, 0.2) is 0 Å². The molecule has 1 aromatic rings. The Kier molecular flexibility index (Phi) is 3.63. The van der Waals surface area contributed by atoms with E-state index >= 15 is 0 Å². The molecule has 1 fully saturated rings. The van der Waals surface area contributed by atoms with Crippen LogP contribution in [-0.4, -0.2) is 18.4 Å². The van der Waals surface area contributed by atoms with E-state index in [4.69, 9.17) is 17.3 Å². The van der Waals surface area contributed by atoms with Crippen LogP contribution >= 0.6 is 11.6 Å². The number of hydrogen-bond acceptors (Lipinski definition) is 3. The van der Waals surface area contributed by atoms with Gasteiger partial charge in [0.25, 0.3) is 0 Å². The van der Waals surface area contributed by atoms with E-state index in [9.17, 15) is 9.59 Å². The van der Waals surface area contributed by atoms with Gasteiger partial charge in [-0.15, -0.1) is 0 Å². The molecule has 21 heavy (non-hydrogen) atoms. The number of anilines is 2. The molecule has 0 aromatic heterocycles. The lowest BCUT2D eigenvalue weighted by Crippen LogP contribution is -2.40. The van der Waals surface area contributed by atoms with E-state index in [0.717, 1.165) is 36.9 Å². The average Bonchev–Trinajstić information content (AvgIpc) is 3.05. The molecule has 0 saturated heterocycles. The quantitative estimate of drug-likeness (QED) is 0.801. The first-order chi connectivity index (χ1) is 10.0. The zero-order chi connectivity index (χ0) is 15.0. The first-order valence-corrected chi connectivity index (χ1v) is 7.56. The molecule has 0 radical (unpaired) electrons. The van der Waals surface area contributed by atoms with E-state index in [1.807, 2.05) is 0 Å². The molecular weight excluding hydrogens is 290 g/mol. The van der Waals surface area contributed by atoms with Crippen molar-refractivity contribution in [2.24, 2.45) is 11.1 Å². The Morgan fingerprint density at radius 1 is 1.38 bits per heavy atom. The number of benzene rings is 1. The number of amides is 2. The zero-order valence-corrected chi connectivity index (χ0v) is 12.4. The topological polar surface area (TPSA) is 84.2 Å². The molecule has 5 nitrogen and oxygen atoms in total. The summed E-state index contributed by atoms with van der Waals surface area (Å²) < 4.78 is 0. The van der Waals surface area contributed by atoms with Crippen LogP contribution in [0.5, 0.6) is 0 Å². The van der Waals surface area contributed by atoms with E-state index in [-0.39, 0.29) is 11.8 Å². The molecule has 1 heterocycles. The zero-order valence-electron chi connectivity index (χ0n) is 11.7. The second-order valence-corrected chi connectivity index (χ2v) is 6.27. The van der Waals surface area contributed by atoms with Crippen LogP contribution < -0.4 is 16.4 Å². The van der Waals surface area contributed by atoms with E-state index in [0.29, 0.717) is 23.7 Å². The summed E-state index contributed by atoms with van der Waals surface area (Å²) in [5, 5.41) is 6.06. The molecule has 1 aliphatic carbocycles. The maximum Gasteiger partial charge on any atom is 0.231 e. The van der Waals surface area contributed by atoms with Crippen LogP contribution in [0.25, 0.3) is 0 Å². The monoisotopic (exact) mass is 307 g/mol. The van der Waals surface area contributed by atoms with Gasteiger partial charge in [0, 0.05) is 12.2 Å². The molecule has 6 heteroatoms. The molecule has 0 bridgehead atoms. The van der Waals surface area contributed by atoms with Gasteiger partial charge in [-0.25, -0.2) is 0 Å². The third-order valence-corrected chi connectivity index (χ3v) is 4.81. The fraction of sp³-hybridized carbons (Fsp3) is 0.467. The maximum absolute atomic E-state index is 12.6. The van der Waals surface area contributed by atoms with Crippen molar-refractivity contribution in [3.05, 3.63) is 22.7 Å². The van der Waals surface area contributed by atoms with Crippen molar-refractivity contribution >= 4 is 34.8 Å². The Bertz CT molecular complexity index is 609. The highest BCUT2D eigenvalue weighted by Gasteiger charge is 2.40. The number of carbonyl (C=O) groups is 2. The first-order valence-electron chi connectivity index (χ1n) is 7.18. The van der Waals surface area contributed by atoms with E-state index in [1.54, 1.807) is 12.1 Å². The number of hydrogen-bond donors (Lipinski definition) is 3. The summed E-state index contributed by atoms with van der Waals surface area (Å²) in [6.07, 6.45) is 4.01. The van der Waals surface area contributed by atoms with Gasteiger partial charge >= 0.3 is 0 Å². The Morgan fingerprint density at radius 3 is 2.76 bits per heavy atom. The molecule has 2 amide bonds. The van der Waals surface area contributed by atoms with Gasteiger partial charge in [0.2, 0.25) is 11.8 Å². The normalized spacial score (nSPS) is 19.2. The lowest BCUT2D eigenvalue weighted by molar-refractivity contribution is -0.124. The standard InChI is InChI=1S/C15H18ClN3O2/c16-10-7-11-9(6-13(20)18-11)5-12(10)19-14(21)15(8-17)3-1-2-4-15/h5,7H,1-4,6,8,17H2,(H,18,20)(H,19,21). The second kappa shape index (κ2) is 5.31. The predicted molar refractivity (Wildman–Crippen MR) is 82.4 cm³/mol. The summed E-state index contributed by atoms with van der Waals surface area (Å²) in [5.41, 5.74) is 7.47. The summed E-state index contributed by atoms with van der Waals surface area (Å²) in [7, 11) is 0. The van der Waals surface area contributed by atoms with Gasteiger partial charge in [-0.3, -0.25) is 9.59 Å². The van der Waals surface area contributed by atoms with Crippen LogP contribution in [0.2, 0.25) is 5.02 Å². The summed E-state index contributed by atoms with van der Waals surface area (Å²) in [4.78, 5) is 23.9. The summed E-state index contributed by atoms with van der Waals surface area (Å²) in [6, 6.07) is 3.45. The third kappa shape index (κ3) is 2.51. The number of halogens is 1. The van der Waals surface area contributed by atoms with Crippen LogP contribution in [0, 0.1) is 5.41 Å². The van der Waals surface area contributed by atoms with Gasteiger partial charge in [-0.05, 0) is 30.5 Å². The van der Waals surface area contributed by atoms with Crippen LogP contribution in [-0.2, 0) is 16.0 Å². The highest BCUT2D eigenvalue weighted by Crippen LogP contribution is 2.39. The Morgan fingerprint density at radius 2 is 2.10 bits per heavy atom. The number of nitrogens with two attached hydrogens (primary N) is 1. The predicted octanol–water partition coefficient (Wildman–Crippen LogP) is 2.29. The van der Waals surface area contributed by atoms with Crippen LogP contribution in [0.4, 0.5) is 11.4 Å². The van der Waals surface area contributed by atoms with Crippen molar-refractivity contribution in [3.8, 4) is 0 Å².